The van der Waals surface area contributed by atoms with Crippen molar-refractivity contribution in [2.24, 2.45) is 5.41 Å². The molecule has 148 valence electrons. The second-order valence-electron chi connectivity index (χ2n) is 8.08. The molecule has 1 fully saturated rings. The van der Waals surface area contributed by atoms with E-state index >= 15 is 0 Å². The van der Waals surface area contributed by atoms with E-state index in [1.807, 2.05) is 48.9 Å². The van der Waals surface area contributed by atoms with Gasteiger partial charge in [-0.3, -0.25) is 9.20 Å². The molecule has 3 aromatic heterocycles. The zero-order valence-electron chi connectivity index (χ0n) is 16.4. The first-order valence-corrected chi connectivity index (χ1v) is 10.4. The van der Waals surface area contributed by atoms with Crippen molar-refractivity contribution < 1.29 is 4.79 Å². The van der Waals surface area contributed by atoms with Crippen LogP contribution in [-0.4, -0.2) is 31.6 Å². The van der Waals surface area contributed by atoms with E-state index in [2.05, 4.69) is 24.5 Å². The smallest absolute Gasteiger partial charge is 0.220 e. The van der Waals surface area contributed by atoms with E-state index in [1.54, 1.807) is 0 Å². The first kappa shape index (κ1) is 18.7. The molecule has 6 heteroatoms. The summed E-state index contributed by atoms with van der Waals surface area (Å²) in [6, 6.07) is 10.0. The van der Waals surface area contributed by atoms with Crippen LogP contribution in [0.2, 0.25) is 0 Å². The zero-order chi connectivity index (χ0) is 19.2. The van der Waals surface area contributed by atoms with Gasteiger partial charge in [0.05, 0.1) is 0 Å². The van der Waals surface area contributed by atoms with Crippen molar-refractivity contribution in [2.75, 3.05) is 6.54 Å². The molecule has 1 saturated carbocycles. The highest BCUT2D eigenvalue weighted by Gasteiger charge is 2.34. The highest BCUT2D eigenvalue weighted by Crippen LogP contribution is 2.38. The highest BCUT2D eigenvalue weighted by molar-refractivity contribution is 5.75. The fourth-order valence-corrected chi connectivity index (χ4v) is 4.38. The maximum absolute atomic E-state index is 12.4. The molecule has 3 heterocycles. The third-order valence-electron chi connectivity index (χ3n) is 5.98. The predicted octanol–water partition coefficient (Wildman–Crippen LogP) is 3.62. The second-order valence-corrected chi connectivity index (χ2v) is 8.08. The summed E-state index contributed by atoms with van der Waals surface area (Å²) >= 11 is 0. The molecule has 0 spiro atoms. The summed E-state index contributed by atoms with van der Waals surface area (Å²) in [7, 11) is 0. The Morgan fingerprint density at radius 3 is 2.64 bits per heavy atom. The van der Waals surface area contributed by atoms with Crippen LogP contribution in [0.4, 0.5) is 0 Å². The van der Waals surface area contributed by atoms with Crippen LogP contribution in [0.1, 0.15) is 50.8 Å². The van der Waals surface area contributed by atoms with Crippen molar-refractivity contribution in [2.45, 2.75) is 57.9 Å². The molecule has 1 N–H and O–H groups in total. The third kappa shape index (κ3) is 4.43. The molecule has 1 amide bonds. The van der Waals surface area contributed by atoms with Crippen LogP contribution in [0.5, 0.6) is 0 Å². The van der Waals surface area contributed by atoms with Gasteiger partial charge in [-0.2, -0.15) is 0 Å². The first-order chi connectivity index (χ1) is 13.7. The number of carbonyl (C=O) groups is 1. The summed E-state index contributed by atoms with van der Waals surface area (Å²) in [4.78, 5) is 12.4. The Bertz CT molecular complexity index is 893. The fraction of sp³-hybridized carbons (Fsp3) is 0.500. The highest BCUT2D eigenvalue weighted by atomic mass is 16.1. The minimum atomic E-state index is 0.0904. The Hall–Kier alpha value is -2.63. The van der Waals surface area contributed by atoms with E-state index in [-0.39, 0.29) is 11.3 Å². The summed E-state index contributed by atoms with van der Waals surface area (Å²) in [5.41, 5.74) is 0.977. The average Bonchev–Trinajstić information content (AvgIpc) is 3.38. The molecule has 0 bridgehead atoms. The lowest BCUT2D eigenvalue weighted by atomic mass is 9.71. The van der Waals surface area contributed by atoms with Gasteiger partial charge in [-0.25, -0.2) is 0 Å². The minimum Gasteiger partial charge on any atom is -0.356 e. The van der Waals surface area contributed by atoms with Crippen LogP contribution >= 0.6 is 0 Å². The van der Waals surface area contributed by atoms with E-state index < -0.39 is 0 Å². The fourth-order valence-electron chi connectivity index (χ4n) is 4.38. The van der Waals surface area contributed by atoms with Crippen LogP contribution in [0.15, 0.2) is 48.9 Å². The van der Waals surface area contributed by atoms with Gasteiger partial charge in [0.15, 0.2) is 5.65 Å². The quantitative estimate of drug-likeness (QED) is 0.650. The van der Waals surface area contributed by atoms with Crippen molar-refractivity contribution in [1.82, 2.24) is 24.5 Å². The van der Waals surface area contributed by atoms with Gasteiger partial charge in [0.1, 0.15) is 5.82 Å². The van der Waals surface area contributed by atoms with E-state index in [0.29, 0.717) is 6.42 Å². The molecule has 1 aliphatic rings. The summed E-state index contributed by atoms with van der Waals surface area (Å²) in [5, 5.41) is 12.0. The van der Waals surface area contributed by atoms with Crippen LogP contribution in [0.25, 0.3) is 5.65 Å². The van der Waals surface area contributed by atoms with Crippen LogP contribution in [0, 0.1) is 5.41 Å². The first-order valence-electron chi connectivity index (χ1n) is 10.4. The number of nitrogens with one attached hydrogen (secondary N) is 1. The molecule has 0 atom stereocenters. The average molecular weight is 380 g/mol. The molecule has 0 saturated heterocycles. The molecular weight excluding hydrogens is 350 g/mol. The van der Waals surface area contributed by atoms with E-state index in [4.69, 9.17) is 0 Å². The number of rotatable bonds is 8. The Morgan fingerprint density at radius 1 is 1.04 bits per heavy atom. The Labute approximate surface area is 166 Å². The number of amides is 1. The number of carbonyl (C=O) groups excluding carboxylic acids is 1. The van der Waals surface area contributed by atoms with Gasteiger partial charge in [-0.05, 0) is 48.9 Å². The van der Waals surface area contributed by atoms with E-state index in [1.165, 1.54) is 19.3 Å². The van der Waals surface area contributed by atoms with Crippen LogP contribution < -0.4 is 5.32 Å². The van der Waals surface area contributed by atoms with Gasteiger partial charge < -0.3 is 9.88 Å². The van der Waals surface area contributed by atoms with Crippen molar-refractivity contribution >= 4 is 11.6 Å². The topological polar surface area (TPSA) is 64.2 Å². The number of hydrogen-bond acceptors (Lipinski definition) is 3. The van der Waals surface area contributed by atoms with Gasteiger partial charge in [-0.1, -0.05) is 25.3 Å². The molecule has 6 nitrogen and oxygen atoms in total. The largest absolute Gasteiger partial charge is 0.356 e. The molecule has 1 aliphatic carbocycles. The SMILES string of the molecule is O=C(CCCn1cccc1)NCC1(Cc2nnc3ccccn23)CCCCC1. The lowest BCUT2D eigenvalue weighted by molar-refractivity contribution is -0.121. The maximum atomic E-state index is 12.4. The molecule has 4 rings (SSSR count). The molecule has 0 aliphatic heterocycles. The summed E-state index contributed by atoms with van der Waals surface area (Å²) in [6.07, 6.45) is 14.4. The van der Waals surface area contributed by atoms with Crippen LogP contribution in [-0.2, 0) is 17.8 Å². The maximum Gasteiger partial charge on any atom is 0.220 e. The summed E-state index contributed by atoms with van der Waals surface area (Å²) < 4.78 is 4.20. The lowest BCUT2D eigenvalue weighted by Gasteiger charge is -2.37. The number of nitrogens with zero attached hydrogens (tertiary/aromatic N) is 4. The van der Waals surface area contributed by atoms with Gasteiger partial charge in [-0.15, -0.1) is 10.2 Å². The number of aryl methyl sites for hydroxylation is 1. The zero-order valence-corrected chi connectivity index (χ0v) is 16.4. The van der Waals surface area contributed by atoms with Crippen molar-refractivity contribution in [3.63, 3.8) is 0 Å². The Morgan fingerprint density at radius 2 is 1.82 bits per heavy atom. The molecule has 28 heavy (non-hydrogen) atoms. The van der Waals surface area contributed by atoms with Gasteiger partial charge in [0.25, 0.3) is 0 Å². The van der Waals surface area contributed by atoms with Gasteiger partial charge >= 0.3 is 0 Å². The van der Waals surface area contributed by atoms with Crippen LogP contribution in [0.3, 0.4) is 0 Å². The normalized spacial score (nSPS) is 16.3. The standard InChI is InChI=1S/C22H29N5O/c28-21(10-8-15-26-13-6-7-14-26)23-18-22(11-3-1-4-12-22)17-20-25-24-19-9-2-5-16-27(19)20/h2,5-7,9,13-14,16H,1,3-4,8,10-12,15,17-18H2,(H,23,28). The summed E-state index contributed by atoms with van der Waals surface area (Å²) in [5.74, 6) is 1.16. The third-order valence-corrected chi connectivity index (χ3v) is 5.98. The van der Waals surface area contributed by atoms with Crippen molar-refractivity contribution in [3.05, 3.63) is 54.7 Å². The van der Waals surface area contributed by atoms with Gasteiger partial charge in [0.2, 0.25) is 5.91 Å². The van der Waals surface area contributed by atoms with E-state index in [9.17, 15) is 4.79 Å². The van der Waals surface area contributed by atoms with Gasteiger partial charge in [0, 0.05) is 44.5 Å². The second kappa shape index (κ2) is 8.59. The molecule has 0 aromatic carbocycles. The number of hydrogen-bond donors (Lipinski definition) is 1. The summed E-state index contributed by atoms with van der Waals surface area (Å²) in [6.45, 7) is 1.62. The van der Waals surface area contributed by atoms with E-state index in [0.717, 1.165) is 50.2 Å². The minimum absolute atomic E-state index is 0.0904. The number of pyridine rings is 1. The number of fused-ring (bicyclic) bond motifs is 1. The molecule has 0 radical (unpaired) electrons. The van der Waals surface area contributed by atoms with Crippen molar-refractivity contribution in [1.29, 1.82) is 0 Å². The monoisotopic (exact) mass is 379 g/mol. The Balaban J connectivity index is 1.36. The Kier molecular flexibility index (Phi) is 5.74. The molecule has 0 unspecified atom stereocenters. The van der Waals surface area contributed by atoms with Crippen molar-refractivity contribution in [3.8, 4) is 0 Å². The lowest BCUT2D eigenvalue weighted by Crippen LogP contribution is -2.40. The predicted molar refractivity (Wildman–Crippen MR) is 109 cm³/mol. The molecular formula is C22H29N5O. The molecule has 3 aromatic rings. The number of aromatic nitrogens is 4.